The van der Waals surface area contributed by atoms with Crippen molar-refractivity contribution in [3.8, 4) is 0 Å². The van der Waals surface area contributed by atoms with Gasteiger partial charge in [-0.3, -0.25) is 4.79 Å². The summed E-state index contributed by atoms with van der Waals surface area (Å²) in [5.41, 5.74) is 9.92. The Morgan fingerprint density at radius 2 is 2.25 bits per heavy atom. The summed E-state index contributed by atoms with van der Waals surface area (Å²) in [6.45, 7) is 2.00. The van der Waals surface area contributed by atoms with Gasteiger partial charge >= 0.3 is 0 Å². The van der Waals surface area contributed by atoms with Gasteiger partial charge in [-0.25, -0.2) is 0 Å². The molecule has 3 rings (SSSR count). The molecule has 0 spiro atoms. The molecular formula is C15H21N3O2. The minimum Gasteiger partial charge on any atom is -0.397 e. The quantitative estimate of drug-likeness (QED) is 0.712. The molecule has 5 heteroatoms. The number of nitrogens with zero attached hydrogens (tertiary/aromatic N) is 1. The van der Waals surface area contributed by atoms with Crippen LogP contribution in [0.3, 0.4) is 0 Å². The van der Waals surface area contributed by atoms with Crippen molar-refractivity contribution in [2.75, 3.05) is 35.6 Å². The topological polar surface area (TPSA) is 78.6 Å². The number of aliphatic hydroxyl groups excluding tert-OH is 1. The number of hydrogen-bond donors (Lipinski definition) is 3. The molecule has 108 valence electrons. The van der Waals surface area contributed by atoms with E-state index in [4.69, 9.17) is 5.73 Å². The van der Waals surface area contributed by atoms with Crippen LogP contribution in [0.2, 0.25) is 0 Å². The summed E-state index contributed by atoms with van der Waals surface area (Å²) >= 11 is 0. The van der Waals surface area contributed by atoms with Crippen LogP contribution in [-0.4, -0.2) is 30.7 Å². The predicted molar refractivity (Wildman–Crippen MR) is 79.8 cm³/mol. The first-order chi connectivity index (χ1) is 9.67. The molecule has 20 heavy (non-hydrogen) atoms. The molecule has 2 heterocycles. The number of nitrogens with one attached hydrogen (secondary N) is 1. The molecule has 1 fully saturated rings. The van der Waals surface area contributed by atoms with Gasteiger partial charge in [-0.05, 0) is 42.9 Å². The van der Waals surface area contributed by atoms with Crippen molar-refractivity contribution >= 4 is 23.0 Å². The summed E-state index contributed by atoms with van der Waals surface area (Å²) in [6, 6.07) is 3.97. The van der Waals surface area contributed by atoms with Gasteiger partial charge in [0, 0.05) is 31.8 Å². The fourth-order valence-corrected chi connectivity index (χ4v) is 3.14. The second-order valence-corrected chi connectivity index (χ2v) is 5.75. The largest absolute Gasteiger partial charge is 0.397 e. The smallest absolute Gasteiger partial charge is 0.224 e. The van der Waals surface area contributed by atoms with Crippen molar-refractivity contribution in [3.63, 3.8) is 0 Å². The summed E-state index contributed by atoms with van der Waals surface area (Å²) in [6.07, 6.45) is 3.41. The number of aryl methyl sites for hydroxylation is 1. The summed E-state index contributed by atoms with van der Waals surface area (Å²) in [4.78, 5) is 13.7. The molecule has 2 aliphatic rings. The van der Waals surface area contributed by atoms with Crippen LogP contribution in [0.15, 0.2) is 12.1 Å². The Bertz CT molecular complexity index is 530. The van der Waals surface area contributed by atoms with Crippen LogP contribution in [0.4, 0.5) is 17.1 Å². The van der Waals surface area contributed by atoms with Crippen molar-refractivity contribution in [2.45, 2.75) is 25.7 Å². The number of carbonyl (C=O) groups excluding carboxylic acids is 1. The lowest BCUT2D eigenvalue weighted by molar-refractivity contribution is -0.116. The van der Waals surface area contributed by atoms with E-state index in [-0.39, 0.29) is 12.5 Å². The molecule has 1 saturated heterocycles. The van der Waals surface area contributed by atoms with E-state index in [1.807, 2.05) is 12.1 Å². The number of aliphatic hydroxyl groups is 1. The normalized spacial score (nSPS) is 22.4. The number of piperidine rings is 1. The SMILES string of the molecule is Nc1cc2c(cc1N1CCCC(CO)C1)NC(=O)CC2. The van der Waals surface area contributed by atoms with Gasteiger partial charge in [-0.2, -0.15) is 0 Å². The monoisotopic (exact) mass is 275 g/mol. The van der Waals surface area contributed by atoms with Crippen molar-refractivity contribution in [3.05, 3.63) is 17.7 Å². The fourth-order valence-electron chi connectivity index (χ4n) is 3.14. The molecule has 1 aromatic rings. The zero-order valence-corrected chi connectivity index (χ0v) is 11.6. The fraction of sp³-hybridized carbons (Fsp3) is 0.533. The van der Waals surface area contributed by atoms with Crippen LogP contribution in [0.25, 0.3) is 0 Å². The number of rotatable bonds is 2. The number of fused-ring (bicyclic) bond motifs is 1. The van der Waals surface area contributed by atoms with Gasteiger partial charge in [0.05, 0.1) is 11.4 Å². The summed E-state index contributed by atoms with van der Waals surface area (Å²) in [5.74, 6) is 0.383. The lowest BCUT2D eigenvalue weighted by atomic mass is 9.96. The number of nitrogen functional groups attached to an aromatic ring is 1. The van der Waals surface area contributed by atoms with Crippen molar-refractivity contribution in [1.29, 1.82) is 0 Å². The number of amides is 1. The highest BCUT2D eigenvalue weighted by atomic mass is 16.3. The molecule has 0 radical (unpaired) electrons. The van der Waals surface area contributed by atoms with E-state index in [0.717, 1.165) is 55.0 Å². The summed E-state index contributed by atoms with van der Waals surface area (Å²) < 4.78 is 0. The van der Waals surface area contributed by atoms with Crippen LogP contribution < -0.4 is 16.0 Å². The van der Waals surface area contributed by atoms with Gasteiger partial charge in [-0.15, -0.1) is 0 Å². The first kappa shape index (κ1) is 13.2. The highest BCUT2D eigenvalue weighted by Crippen LogP contribution is 2.35. The average Bonchev–Trinajstić information content (AvgIpc) is 2.47. The van der Waals surface area contributed by atoms with E-state index in [1.165, 1.54) is 0 Å². The van der Waals surface area contributed by atoms with Crippen molar-refractivity contribution < 1.29 is 9.90 Å². The van der Waals surface area contributed by atoms with Gasteiger partial charge in [0.1, 0.15) is 0 Å². The van der Waals surface area contributed by atoms with Crippen LogP contribution >= 0.6 is 0 Å². The zero-order valence-electron chi connectivity index (χ0n) is 11.6. The number of benzene rings is 1. The first-order valence-corrected chi connectivity index (χ1v) is 7.25. The zero-order chi connectivity index (χ0) is 14.1. The molecule has 1 amide bonds. The van der Waals surface area contributed by atoms with Gasteiger partial charge in [-0.1, -0.05) is 0 Å². The standard InChI is InChI=1S/C15H21N3O2/c16-12-6-11-3-4-15(20)17-13(11)7-14(12)18-5-1-2-10(8-18)9-19/h6-7,10,19H,1-5,8-9,16H2,(H,17,20). The Hall–Kier alpha value is -1.75. The first-order valence-electron chi connectivity index (χ1n) is 7.25. The lowest BCUT2D eigenvalue weighted by Crippen LogP contribution is -2.37. The van der Waals surface area contributed by atoms with Gasteiger partial charge < -0.3 is 21.1 Å². The Morgan fingerprint density at radius 1 is 1.40 bits per heavy atom. The van der Waals surface area contributed by atoms with Crippen LogP contribution in [-0.2, 0) is 11.2 Å². The third-order valence-corrected chi connectivity index (χ3v) is 4.27. The number of nitrogens with two attached hydrogens (primary N) is 1. The second kappa shape index (κ2) is 5.32. The van der Waals surface area contributed by atoms with Gasteiger partial charge in [0.15, 0.2) is 0 Å². The average molecular weight is 275 g/mol. The Kier molecular flexibility index (Phi) is 3.53. The third kappa shape index (κ3) is 2.45. The molecule has 0 saturated carbocycles. The molecule has 0 bridgehead atoms. The van der Waals surface area contributed by atoms with Gasteiger partial charge in [0.25, 0.3) is 0 Å². The third-order valence-electron chi connectivity index (χ3n) is 4.27. The number of carbonyl (C=O) groups is 1. The molecule has 0 aromatic heterocycles. The van der Waals surface area contributed by atoms with E-state index < -0.39 is 0 Å². The maximum Gasteiger partial charge on any atom is 0.224 e. The molecule has 1 atom stereocenters. The van der Waals surface area contributed by atoms with Crippen LogP contribution in [0, 0.1) is 5.92 Å². The maximum absolute atomic E-state index is 11.5. The Labute approximate surface area is 118 Å². The highest BCUT2D eigenvalue weighted by Gasteiger charge is 2.23. The molecule has 1 aromatic carbocycles. The Morgan fingerprint density at radius 3 is 3.05 bits per heavy atom. The van der Waals surface area contributed by atoms with E-state index in [1.54, 1.807) is 0 Å². The van der Waals surface area contributed by atoms with Crippen molar-refractivity contribution in [2.24, 2.45) is 5.92 Å². The van der Waals surface area contributed by atoms with Gasteiger partial charge in [0.2, 0.25) is 5.91 Å². The molecule has 1 unspecified atom stereocenters. The lowest BCUT2D eigenvalue weighted by Gasteiger charge is -2.35. The number of anilines is 3. The van der Waals surface area contributed by atoms with Crippen LogP contribution in [0.5, 0.6) is 0 Å². The Balaban J connectivity index is 1.89. The molecule has 2 aliphatic heterocycles. The van der Waals surface area contributed by atoms with E-state index in [9.17, 15) is 9.90 Å². The minimum atomic E-state index is 0.0695. The summed E-state index contributed by atoms with van der Waals surface area (Å²) in [5, 5.41) is 12.3. The van der Waals surface area contributed by atoms with E-state index in [0.29, 0.717) is 12.3 Å². The highest BCUT2D eigenvalue weighted by molar-refractivity contribution is 5.95. The van der Waals surface area contributed by atoms with Crippen molar-refractivity contribution in [1.82, 2.24) is 0 Å². The van der Waals surface area contributed by atoms with Crippen LogP contribution in [0.1, 0.15) is 24.8 Å². The predicted octanol–water partition coefficient (Wildman–Crippen LogP) is 1.36. The number of hydrogen-bond acceptors (Lipinski definition) is 4. The molecule has 0 aliphatic carbocycles. The van der Waals surface area contributed by atoms with E-state index in [2.05, 4.69) is 10.2 Å². The molecular weight excluding hydrogens is 254 g/mol. The minimum absolute atomic E-state index is 0.0695. The summed E-state index contributed by atoms with van der Waals surface area (Å²) in [7, 11) is 0. The molecule has 5 nitrogen and oxygen atoms in total. The molecule has 4 N–H and O–H groups in total. The van der Waals surface area contributed by atoms with E-state index >= 15 is 0 Å². The maximum atomic E-state index is 11.5. The second-order valence-electron chi connectivity index (χ2n) is 5.75.